The summed E-state index contributed by atoms with van der Waals surface area (Å²) in [4.78, 5) is 2.57. The first kappa shape index (κ1) is 16.8. The third kappa shape index (κ3) is 4.63. The molecule has 0 saturated carbocycles. The minimum Gasteiger partial charge on any atom is -0.296 e. The van der Waals surface area contributed by atoms with Crippen LogP contribution in [0.3, 0.4) is 0 Å². The normalized spacial score (nSPS) is 23.5. The molecule has 0 aliphatic carbocycles. The van der Waals surface area contributed by atoms with Crippen LogP contribution in [0.2, 0.25) is 0 Å². The Morgan fingerprint density at radius 2 is 1.63 bits per heavy atom. The summed E-state index contributed by atoms with van der Waals surface area (Å²) in [7, 11) is 2.28. The van der Waals surface area contributed by atoms with Crippen LogP contribution in [0.15, 0.2) is 12.2 Å². The van der Waals surface area contributed by atoms with Crippen molar-refractivity contribution >= 4 is 0 Å². The van der Waals surface area contributed by atoms with Crippen molar-refractivity contribution < 1.29 is 0 Å². The number of unbranched alkanes of at least 4 members (excludes halogenated alkanes) is 2. The van der Waals surface area contributed by atoms with Crippen LogP contribution in [0.4, 0.5) is 0 Å². The van der Waals surface area contributed by atoms with Gasteiger partial charge in [0.15, 0.2) is 0 Å². The predicted molar refractivity (Wildman–Crippen MR) is 86.5 cm³/mol. The van der Waals surface area contributed by atoms with Crippen molar-refractivity contribution in [3.05, 3.63) is 12.2 Å². The lowest BCUT2D eigenvalue weighted by Gasteiger charge is -2.54. The molecule has 0 atom stereocenters. The van der Waals surface area contributed by atoms with Crippen molar-refractivity contribution in [1.29, 1.82) is 0 Å². The molecule has 1 rings (SSSR count). The van der Waals surface area contributed by atoms with Gasteiger partial charge in [0.2, 0.25) is 0 Å². The van der Waals surface area contributed by atoms with Crippen molar-refractivity contribution in [1.82, 2.24) is 4.90 Å². The zero-order valence-corrected chi connectivity index (χ0v) is 14.2. The first-order chi connectivity index (χ1) is 8.69. The Balaban J connectivity index is 2.53. The molecule has 0 amide bonds. The molecule has 0 spiro atoms. The Hall–Kier alpha value is -0.300. The number of piperidine rings is 1. The van der Waals surface area contributed by atoms with E-state index in [4.69, 9.17) is 0 Å². The van der Waals surface area contributed by atoms with Crippen LogP contribution < -0.4 is 0 Å². The van der Waals surface area contributed by atoms with E-state index >= 15 is 0 Å². The fraction of sp³-hybridized carbons (Fsp3) is 0.889. The molecule has 1 nitrogen and oxygen atoms in total. The molecule has 1 heteroatoms. The minimum atomic E-state index is 0.316. The van der Waals surface area contributed by atoms with Crippen LogP contribution >= 0.6 is 0 Å². The Labute approximate surface area is 121 Å². The molecule has 1 aliphatic rings. The molecule has 1 fully saturated rings. The van der Waals surface area contributed by atoms with Crippen molar-refractivity contribution in [2.75, 3.05) is 7.05 Å². The summed E-state index contributed by atoms with van der Waals surface area (Å²) in [6.07, 6.45) is 9.07. The number of likely N-dealkylation sites (tertiary alicyclic amines) is 1. The van der Waals surface area contributed by atoms with Crippen LogP contribution in [0.1, 0.15) is 79.6 Å². The summed E-state index contributed by atoms with van der Waals surface area (Å²) < 4.78 is 0. The highest BCUT2D eigenvalue weighted by molar-refractivity contribution is 5.03. The van der Waals surface area contributed by atoms with E-state index in [-0.39, 0.29) is 0 Å². The summed E-state index contributed by atoms with van der Waals surface area (Å²) in [5.74, 6) is 0.815. The maximum atomic E-state index is 4.32. The van der Waals surface area contributed by atoms with Crippen LogP contribution in [0.5, 0.6) is 0 Å². The first-order valence-corrected chi connectivity index (χ1v) is 8.09. The minimum absolute atomic E-state index is 0.316. The van der Waals surface area contributed by atoms with Gasteiger partial charge in [0.05, 0.1) is 0 Å². The van der Waals surface area contributed by atoms with Gasteiger partial charge >= 0.3 is 0 Å². The van der Waals surface area contributed by atoms with Crippen LogP contribution in [0.25, 0.3) is 0 Å². The summed E-state index contributed by atoms with van der Waals surface area (Å²) in [6, 6.07) is 0. The van der Waals surface area contributed by atoms with Gasteiger partial charge in [-0.25, -0.2) is 0 Å². The lowest BCUT2D eigenvalue weighted by Crippen LogP contribution is -2.58. The zero-order chi connectivity index (χ0) is 14.7. The van der Waals surface area contributed by atoms with Crippen molar-refractivity contribution in [3.8, 4) is 0 Å². The van der Waals surface area contributed by atoms with E-state index in [1.165, 1.54) is 50.5 Å². The number of hydrogen-bond donors (Lipinski definition) is 0. The molecule has 112 valence electrons. The average Bonchev–Trinajstić information content (AvgIpc) is 2.25. The van der Waals surface area contributed by atoms with E-state index in [1.807, 2.05) is 0 Å². The molecule has 0 bridgehead atoms. The largest absolute Gasteiger partial charge is 0.296 e. The van der Waals surface area contributed by atoms with E-state index in [0.717, 1.165) is 5.92 Å². The average molecular weight is 265 g/mol. The Morgan fingerprint density at radius 1 is 1.11 bits per heavy atom. The molecule has 19 heavy (non-hydrogen) atoms. The molecule has 0 unspecified atom stereocenters. The molecule has 1 saturated heterocycles. The summed E-state index contributed by atoms with van der Waals surface area (Å²) in [6.45, 7) is 16.1. The number of hydrogen-bond acceptors (Lipinski definition) is 1. The van der Waals surface area contributed by atoms with Gasteiger partial charge in [-0.1, -0.05) is 31.9 Å². The summed E-state index contributed by atoms with van der Waals surface area (Å²) >= 11 is 0. The summed E-state index contributed by atoms with van der Waals surface area (Å²) in [5.41, 5.74) is 2.11. The smallest absolute Gasteiger partial charge is 0.0158 e. The second-order valence-electron chi connectivity index (χ2n) is 7.87. The van der Waals surface area contributed by atoms with Gasteiger partial charge in [0.1, 0.15) is 0 Å². The van der Waals surface area contributed by atoms with E-state index in [1.54, 1.807) is 0 Å². The van der Waals surface area contributed by atoms with Crippen molar-refractivity contribution in [2.24, 2.45) is 5.92 Å². The zero-order valence-electron chi connectivity index (χ0n) is 14.2. The predicted octanol–water partition coefficient (Wildman–Crippen LogP) is 5.41. The van der Waals surface area contributed by atoms with Gasteiger partial charge in [-0.05, 0) is 72.8 Å². The lowest BCUT2D eigenvalue weighted by atomic mass is 9.72. The van der Waals surface area contributed by atoms with Gasteiger partial charge in [-0.15, -0.1) is 0 Å². The highest BCUT2D eigenvalue weighted by Gasteiger charge is 2.42. The lowest BCUT2D eigenvalue weighted by molar-refractivity contribution is -0.0297. The van der Waals surface area contributed by atoms with E-state index in [0.29, 0.717) is 11.1 Å². The van der Waals surface area contributed by atoms with Crippen LogP contribution in [-0.4, -0.2) is 23.0 Å². The molecule has 0 aromatic heterocycles. The molecule has 0 aromatic rings. The maximum absolute atomic E-state index is 4.32. The van der Waals surface area contributed by atoms with E-state index in [2.05, 4.69) is 53.1 Å². The van der Waals surface area contributed by atoms with Crippen molar-refractivity contribution in [2.45, 2.75) is 90.6 Å². The van der Waals surface area contributed by atoms with Gasteiger partial charge in [-0.3, -0.25) is 4.90 Å². The molecule has 0 aromatic carbocycles. The standard InChI is InChI=1S/C18H35N/c1-8-9-10-11-15(2)12-16-13-17(3,4)19(7)18(5,6)14-16/h16H,2,8-14H2,1,3-7H3. The quantitative estimate of drug-likeness (QED) is 0.458. The maximum Gasteiger partial charge on any atom is 0.0158 e. The molecule has 0 N–H and O–H groups in total. The Kier molecular flexibility index (Phi) is 5.67. The van der Waals surface area contributed by atoms with Gasteiger partial charge in [-0.2, -0.15) is 0 Å². The fourth-order valence-corrected chi connectivity index (χ4v) is 3.86. The van der Waals surface area contributed by atoms with Gasteiger partial charge in [0.25, 0.3) is 0 Å². The Bertz CT molecular complexity index is 283. The van der Waals surface area contributed by atoms with E-state index in [9.17, 15) is 0 Å². The molecule has 0 radical (unpaired) electrons. The SMILES string of the molecule is C=C(CCCCC)CC1CC(C)(C)N(C)C(C)(C)C1. The van der Waals surface area contributed by atoms with Gasteiger partial charge in [0, 0.05) is 11.1 Å². The van der Waals surface area contributed by atoms with Gasteiger partial charge < -0.3 is 0 Å². The molecule has 1 aliphatic heterocycles. The second-order valence-corrected chi connectivity index (χ2v) is 7.87. The molecular formula is C18H35N. The fourth-order valence-electron chi connectivity index (χ4n) is 3.86. The third-order valence-corrected chi connectivity index (χ3v) is 5.10. The number of rotatable bonds is 6. The topological polar surface area (TPSA) is 3.24 Å². The molecule has 1 heterocycles. The van der Waals surface area contributed by atoms with Crippen LogP contribution in [-0.2, 0) is 0 Å². The number of nitrogens with zero attached hydrogens (tertiary/aromatic N) is 1. The van der Waals surface area contributed by atoms with Crippen LogP contribution in [0, 0.1) is 5.92 Å². The third-order valence-electron chi connectivity index (χ3n) is 5.10. The summed E-state index contributed by atoms with van der Waals surface area (Å²) in [5, 5.41) is 0. The van der Waals surface area contributed by atoms with Crippen molar-refractivity contribution in [3.63, 3.8) is 0 Å². The first-order valence-electron chi connectivity index (χ1n) is 8.09. The number of allylic oxidation sites excluding steroid dienone is 1. The highest BCUT2D eigenvalue weighted by atomic mass is 15.2. The second kappa shape index (κ2) is 6.43. The van der Waals surface area contributed by atoms with E-state index < -0.39 is 0 Å². The monoisotopic (exact) mass is 265 g/mol. The molecular weight excluding hydrogens is 230 g/mol. The highest BCUT2D eigenvalue weighted by Crippen LogP contribution is 2.42. The Morgan fingerprint density at radius 3 is 2.11 bits per heavy atom.